The molecule has 0 amide bonds. The lowest BCUT2D eigenvalue weighted by atomic mass is 10.3. The zero-order valence-corrected chi connectivity index (χ0v) is 12.3. The quantitative estimate of drug-likeness (QED) is 0.943. The summed E-state index contributed by atoms with van der Waals surface area (Å²) in [6, 6.07) is 7.86. The first kappa shape index (κ1) is 13.0. The fourth-order valence-corrected chi connectivity index (χ4v) is 2.16. The number of ether oxygens (including phenoxy) is 1. The molecule has 0 saturated heterocycles. The Labute approximate surface area is 115 Å². The lowest BCUT2D eigenvalue weighted by molar-refractivity contribution is 0.294. The maximum absolute atomic E-state index is 5.75. The van der Waals surface area contributed by atoms with Gasteiger partial charge in [-0.1, -0.05) is 0 Å². The lowest BCUT2D eigenvalue weighted by Crippen LogP contribution is -2.03. The number of nitrogens with one attached hydrogen (secondary N) is 1. The van der Waals surface area contributed by atoms with Crippen molar-refractivity contribution in [3.63, 3.8) is 0 Å². The van der Waals surface area contributed by atoms with E-state index in [0.717, 1.165) is 27.3 Å². The monoisotopic (exact) mass is 309 g/mol. The average Bonchev–Trinajstić information content (AvgIpc) is 2.62. The van der Waals surface area contributed by atoms with Gasteiger partial charge in [-0.2, -0.15) is 5.10 Å². The van der Waals surface area contributed by atoms with Crippen LogP contribution in [0.15, 0.2) is 28.7 Å². The highest BCUT2D eigenvalue weighted by Crippen LogP contribution is 2.22. The van der Waals surface area contributed by atoms with Crippen LogP contribution in [0, 0.1) is 6.92 Å². The van der Waals surface area contributed by atoms with Crippen LogP contribution in [0.2, 0.25) is 0 Å². The Kier molecular flexibility index (Phi) is 3.91. The Morgan fingerprint density at radius 1 is 1.33 bits per heavy atom. The molecule has 0 aliphatic carbocycles. The number of nitrogens with zero attached hydrogens (tertiary/aromatic N) is 2. The third-order valence-electron chi connectivity index (χ3n) is 2.78. The van der Waals surface area contributed by atoms with Gasteiger partial charge in [0.15, 0.2) is 0 Å². The van der Waals surface area contributed by atoms with Crippen molar-refractivity contribution >= 4 is 21.6 Å². The Balaban J connectivity index is 2.06. The summed E-state index contributed by atoms with van der Waals surface area (Å²) in [5, 5.41) is 7.40. The predicted octanol–water partition coefficient (Wildman–Crippen LogP) is 3.11. The van der Waals surface area contributed by atoms with Crippen LogP contribution >= 0.6 is 15.9 Å². The van der Waals surface area contributed by atoms with Crippen LogP contribution < -0.4 is 10.1 Å². The lowest BCUT2D eigenvalue weighted by Gasteiger charge is -2.08. The highest BCUT2D eigenvalue weighted by atomic mass is 79.9. The fourth-order valence-electron chi connectivity index (χ4n) is 1.71. The molecule has 2 aromatic rings. The Morgan fingerprint density at radius 2 is 2.00 bits per heavy atom. The second kappa shape index (κ2) is 5.44. The number of aromatic nitrogens is 2. The third kappa shape index (κ3) is 2.67. The van der Waals surface area contributed by atoms with Gasteiger partial charge in [-0.3, -0.25) is 4.68 Å². The fraction of sp³-hybridized carbons (Fsp3) is 0.308. The summed E-state index contributed by atoms with van der Waals surface area (Å²) >= 11 is 3.52. The van der Waals surface area contributed by atoms with Gasteiger partial charge in [-0.25, -0.2) is 0 Å². The van der Waals surface area contributed by atoms with Crippen molar-refractivity contribution in [1.82, 2.24) is 9.78 Å². The van der Waals surface area contributed by atoms with E-state index in [2.05, 4.69) is 26.3 Å². The zero-order valence-electron chi connectivity index (χ0n) is 10.7. The topological polar surface area (TPSA) is 39.1 Å². The molecule has 0 bridgehead atoms. The highest BCUT2D eigenvalue weighted by molar-refractivity contribution is 9.10. The molecule has 0 fully saturated rings. The summed E-state index contributed by atoms with van der Waals surface area (Å²) < 4.78 is 8.59. The van der Waals surface area contributed by atoms with Gasteiger partial charge in [0.1, 0.15) is 12.4 Å². The van der Waals surface area contributed by atoms with Gasteiger partial charge in [0, 0.05) is 19.8 Å². The molecule has 18 heavy (non-hydrogen) atoms. The molecule has 0 unspecified atom stereocenters. The number of anilines is 1. The van der Waals surface area contributed by atoms with Gasteiger partial charge in [0.2, 0.25) is 0 Å². The standard InChI is InChI=1S/C13H16BrN3O/c1-9-13(14)12(17(3)16-9)8-18-11-6-4-10(15-2)5-7-11/h4-7,15H,8H2,1-3H3. The van der Waals surface area contributed by atoms with Crippen LogP contribution in [0.25, 0.3) is 0 Å². The second-order valence-electron chi connectivity index (χ2n) is 4.03. The summed E-state index contributed by atoms with van der Waals surface area (Å²) in [5.41, 5.74) is 3.08. The van der Waals surface area contributed by atoms with Gasteiger partial charge in [-0.15, -0.1) is 0 Å². The average molecular weight is 310 g/mol. The van der Waals surface area contributed by atoms with Gasteiger partial charge in [0.05, 0.1) is 15.9 Å². The van der Waals surface area contributed by atoms with Gasteiger partial charge < -0.3 is 10.1 Å². The minimum absolute atomic E-state index is 0.497. The molecule has 0 aliphatic heterocycles. The number of rotatable bonds is 4. The van der Waals surface area contributed by atoms with Crippen molar-refractivity contribution in [1.29, 1.82) is 0 Å². The van der Waals surface area contributed by atoms with E-state index in [4.69, 9.17) is 4.74 Å². The van der Waals surface area contributed by atoms with Crippen LogP contribution in [0.1, 0.15) is 11.4 Å². The molecular weight excluding hydrogens is 294 g/mol. The molecule has 1 N–H and O–H groups in total. The van der Waals surface area contributed by atoms with E-state index in [0.29, 0.717) is 6.61 Å². The summed E-state index contributed by atoms with van der Waals surface area (Å²) in [4.78, 5) is 0. The molecule has 0 atom stereocenters. The van der Waals surface area contributed by atoms with Crippen molar-refractivity contribution in [2.24, 2.45) is 7.05 Å². The highest BCUT2D eigenvalue weighted by Gasteiger charge is 2.10. The number of hydrogen-bond acceptors (Lipinski definition) is 3. The van der Waals surface area contributed by atoms with E-state index >= 15 is 0 Å². The molecule has 1 aromatic carbocycles. The van der Waals surface area contributed by atoms with Crippen LogP contribution in [0.4, 0.5) is 5.69 Å². The molecule has 0 aliphatic rings. The maximum Gasteiger partial charge on any atom is 0.131 e. The van der Waals surface area contributed by atoms with E-state index in [1.54, 1.807) is 0 Å². The summed E-state index contributed by atoms with van der Waals surface area (Å²) in [5.74, 6) is 0.847. The van der Waals surface area contributed by atoms with Crippen molar-refractivity contribution in [3.8, 4) is 5.75 Å². The van der Waals surface area contributed by atoms with Gasteiger partial charge >= 0.3 is 0 Å². The molecule has 0 radical (unpaired) electrons. The van der Waals surface area contributed by atoms with Crippen LogP contribution in [-0.4, -0.2) is 16.8 Å². The number of benzene rings is 1. The minimum atomic E-state index is 0.497. The first-order chi connectivity index (χ1) is 8.61. The van der Waals surface area contributed by atoms with E-state index in [9.17, 15) is 0 Å². The van der Waals surface area contributed by atoms with Crippen LogP contribution in [0.5, 0.6) is 5.75 Å². The first-order valence-electron chi connectivity index (χ1n) is 5.70. The minimum Gasteiger partial charge on any atom is -0.487 e. The molecule has 0 saturated carbocycles. The van der Waals surface area contributed by atoms with E-state index in [1.807, 2.05) is 50.0 Å². The Morgan fingerprint density at radius 3 is 2.50 bits per heavy atom. The molecule has 1 aromatic heterocycles. The SMILES string of the molecule is CNc1ccc(OCc2c(Br)c(C)nn2C)cc1. The zero-order chi connectivity index (χ0) is 13.1. The van der Waals surface area contributed by atoms with Crippen molar-refractivity contribution in [2.45, 2.75) is 13.5 Å². The molecule has 1 heterocycles. The van der Waals surface area contributed by atoms with Crippen molar-refractivity contribution in [2.75, 3.05) is 12.4 Å². The number of hydrogen-bond donors (Lipinski definition) is 1. The van der Waals surface area contributed by atoms with Crippen LogP contribution in [0.3, 0.4) is 0 Å². The molecule has 0 spiro atoms. The molecule has 4 nitrogen and oxygen atoms in total. The molecule has 5 heteroatoms. The van der Waals surface area contributed by atoms with Gasteiger partial charge in [0.25, 0.3) is 0 Å². The Bertz CT molecular complexity index is 534. The maximum atomic E-state index is 5.75. The van der Waals surface area contributed by atoms with E-state index in [1.165, 1.54) is 0 Å². The molecule has 2 rings (SSSR count). The normalized spacial score (nSPS) is 10.4. The summed E-state index contributed by atoms with van der Waals surface area (Å²) in [7, 11) is 3.81. The van der Waals surface area contributed by atoms with Crippen molar-refractivity contribution in [3.05, 3.63) is 40.1 Å². The number of aryl methyl sites for hydroxylation is 2. The third-order valence-corrected chi connectivity index (χ3v) is 3.81. The first-order valence-corrected chi connectivity index (χ1v) is 6.49. The second-order valence-corrected chi connectivity index (χ2v) is 4.83. The van der Waals surface area contributed by atoms with E-state index in [-0.39, 0.29) is 0 Å². The number of halogens is 1. The predicted molar refractivity (Wildman–Crippen MR) is 76.0 cm³/mol. The smallest absolute Gasteiger partial charge is 0.131 e. The molecule has 96 valence electrons. The van der Waals surface area contributed by atoms with E-state index < -0.39 is 0 Å². The molecular formula is C13H16BrN3O. The Hall–Kier alpha value is -1.49. The largest absolute Gasteiger partial charge is 0.487 e. The summed E-state index contributed by atoms with van der Waals surface area (Å²) in [6.07, 6.45) is 0. The van der Waals surface area contributed by atoms with Crippen molar-refractivity contribution < 1.29 is 4.74 Å². The van der Waals surface area contributed by atoms with Crippen LogP contribution in [-0.2, 0) is 13.7 Å². The summed E-state index contributed by atoms with van der Waals surface area (Å²) in [6.45, 7) is 2.46. The van der Waals surface area contributed by atoms with Gasteiger partial charge in [-0.05, 0) is 47.1 Å².